The molecule has 1 aliphatic rings. The minimum Gasteiger partial charge on any atom is -0.376 e. The Kier molecular flexibility index (Phi) is 5.51. The number of benzene rings is 1. The zero-order valence-corrected chi connectivity index (χ0v) is 15.5. The van der Waals surface area contributed by atoms with Crippen molar-refractivity contribution in [3.8, 4) is 10.4 Å². The van der Waals surface area contributed by atoms with Gasteiger partial charge in [0.2, 0.25) is 0 Å². The highest BCUT2D eigenvalue weighted by molar-refractivity contribution is 9.10. The van der Waals surface area contributed by atoms with Crippen LogP contribution in [0.15, 0.2) is 40.9 Å². The molecule has 1 aliphatic heterocycles. The number of halogens is 1. The maximum atomic E-state index is 12.7. The van der Waals surface area contributed by atoms with Crippen molar-refractivity contribution in [1.82, 2.24) is 4.90 Å². The van der Waals surface area contributed by atoms with Crippen molar-refractivity contribution in [3.05, 3.63) is 45.7 Å². The highest BCUT2D eigenvalue weighted by Gasteiger charge is 2.23. The Morgan fingerprint density at radius 1 is 1.30 bits per heavy atom. The number of hydrogen-bond donors (Lipinski definition) is 0. The summed E-state index contributed by atoms with van der Waals surface area (Å²) in [6.07, 6.45) is 2.35. The monoisotopic (exact) mass is 393 g/mol. The fourth-order valence-corrected chi connectivity index (χ4v) is 4.01. The van der Waals surface area contributed by atoms with Crippen LogP contribution in [0.5, 0.6) is 0 Å². The minimum absolute atomic E-state index is 0.108. The largest absolute Gasteiger partial charge is 0.376 e. The summed E-state index contributed by atoms with van der Waals surface area (Å²) in [5.41, 5.74) is 1.14. The van der Waals surface area contributed by atoms with Crippen molar-refractivity contribution in [1.29, 1.82) is 0 Å². The van der Waals surface area contributed by atoms with Crippen molar-refractivity contribution >= 4 is 33.2 Å². The molecular weight excluding hydrogens is 374 g/mol. The number of carbonyl (C=O) groups is 1. The van der Waals surface area contributed by atoms with Crippen molar-refractivity contribution in [2.45, 2.75) is 25.9 Å². The maximum Gasteiger partial charge on any atom is 0.264 e. The second kappa shape index (κ2) is 7.60. The Morgan fingerprint density at radius 3 is 2.74 bits per heavy atom. The third kappa shape index (κ3) is 4.03. The predicted molar refractivity (Wildman–Crippen MR) is 98.0 cm³/mol. The maximum absolute atomic E-state index is 12.7. The molecule has 5 heteroatoms. The first-order chi connectivity index (χ1) is 11.2. The zero-order chi connectivity index (χ0) is 16.2. The van der Waals surface area contributed by atoms with Crippen LogP contribution in [0.3, 0.4) is 0 Å². The fourth-order valence-electron chi connectivity index (χ4n) is 2.77. The second-order valence-electron chi connectivity index (χ2n) is 5.65. The van der Waals surface area contributed by atoms with E-state index in [1.54, 1.807) is 11.3 Å². The number of hydrogen-bond acceptors (Lipinski definition) is 3. The predicted octanol–water partition coefficient (Wildman–Crippen LogP) is 4.82. The number of carbonyl (C=O) groups excluding carboxylic acids is 1. The van der Waals surface area contributed by atoms with Gasteiger partial charge in [0, 0.05) is 29.0 Å². The van der Waals surface area contributed by atoms with Gasteiger partial charge in [-0.3, -0.25) is 4.79 Å². The Morgan fingerprint density at radius 2 is 2.09 bits per heavy atom. The van der Waals surface area contributed by atoms with Gasteiger partial charge in [0.1, 0.15) is 0 Å². The molecule has 2 aromatic rings. The van der Waals surface area contributed by atoms with Crippen LogP contribution in [0.1, 0.15) is 29.4 Å². The number of ether oxygens (including phenoxy) is 1. The Labute approximate surface area is 149 Å². The summed E-state index contributed by atoms with van der Waals surface area (Å²) >= 11 is 5.00. The van der Waals surface area contributed by atoms with Crippen LogP contribution in [0.25, 0.3) is 10.4 Å². The minimum atomic E-state index is 0.108. The molecule has 23 heavy (non-hydrogen) atoms. The number of amides is 1. The molecule has 1 fully saturated rings. The van der Waals surface area contributed by atoms with E-state index in [4.69, 9.17) is 4.74 Å². The summed E-state index contributed by atoms with van der Waals surface area (Å²) in [5.74, 6) is 0.108. The van der Waals surface area contributed by atoms with Crippen molar-refractivity contribution < 1.29 is 9.53 Å². The van der Waals surface area contributed by atoms with E-state index in [1.807, 2.05) is 36.1 Å². The lowest BCUT2D eigenvalue weighted by molar-refractivity contribution is 0.0543. The van der Waals surface area contributed by atoms with Crippen LogP contribution in [0.2, 0.25) is 0 Å². The van der Waals surface area contributed by atoms with Crippen molar-refractivity contribution in [2.24, 2.45) is 0 Å². The molecule has 0 radical (unpaired) electrons. The Balaban J connectivity index is 1.72. The SMILES string of the molecule is CCN(CC1CCCO1)C(=O)c1ccc(-c2ccc(Br)cc2)s1. The smallest absolute Gasteiger partial charge is 0.264 e. The Hall–Kier alpha value is -1.17. The first-order valence-electron chi connectivity index (χ1n) is 7.94. The summed E-state index contributed by atoms with van der Waals surface area (Å²) in [4.78, 5) is 16.5. The molecule has 1 saturated heterocycles. The molecule has 3 nitrogen and oxygen atoms in total. The van der Waals surface area contributed by atoms with Gasteiger partial charge in [-0.15, -0.1) is 11.3 Å². The number of nitrogens with zero attached hydrogens (tertiary/aromatic N) is 1. The van der Waals surface area contributed by atoms with E-state index < -0.39 is 0 Å². The van der Waals surface area contributed by atoms with E-state index in [0.29, 0.717) is 13.1 Å². The first kappa shape index (κ1) is 16.7. The molecule has 122 valence electrons. The van der Waals surface area contributed by atoms with E-state index in [2.05, 4.69) is 28.1 Å². The van der Waals surface area contributed by atoms with E-state index in [0.717, 1.165) is 39.2 Å². The highest BCUT2D eigenvalue weighted by atomic mass is 79.9. The van der Waals surface area contributed by atoms with Gasteiger partial charge in [-0.1, -0.05) is 28.1 Å². The fraction of sp³-hybridized carbons (Fsp3) is 0.389. The average molecular weight is 394 g/mol. The van der Waals surface area contributed by atoms with E-state index >= 15 is 0 Å². The second-order valence-corrected chi connectivity index (χ2v) is 7.65. The lowest BCUT2D eigenvalue weighted by Gasteiger charge is -2.23. The van der Waals surface area contributed by atoms with Gasteiger partial charge in [0.15, 0.2) is 0 Å². The average Bonchev–Trinajstić information content (AvgIpc) is 3.24. The molecule has 3 rings (SSSR count). The third-order valence-electron chi connectivity index (χ3n) is 4.06. The highest BCUT2D eigenvalue weighted by Crippen LogP contribution is 2.30. The van der Waals surface area contributed by atoms with Crippen LogP contribution in [-0.2, 0) is 4.74 Å². The van der Waals surface area contributed by atoms with E-state index in [9.17, 15) is 4.79 Å². The van der Waals surface area contributed by atoms with Gasteiger partial charge < -0.3 is 9.64 Å². The molecule has 0 aliphatic carbocycles. The molecule has 0 N–H and O–H groups in total. The van der Waals surface area contributed by atoms with E-state index in [-0.39, 0.29) is 12.0 Å². The van der Waals surface area contributed by atoms with E-state index in [1.165, 1.54) is 0 Å². The summed E-state index contributed by atoms with van der Waals surface area (Å²) in [5, 5.41) is 0. The summed E-state index contributed by atoms with van der Waals surface area (Å²) in [6.45, 7) is 4.25. The van der Waals surface area contributed by atoms with Gasteiger partial charge in [-0.05, 0) is 49.6 Å². The third-order valence-corrected chi connectivity index (χ3v) is 5.71. The first-order valence-corrected chi connectivity index (χ1v) is 9.55. The molecule has 1 unspecified atom stereocenters. The Bertz CT molecular complexity index is 662. The topological polar surface area (TPSA) is 29.5 Å². The van der Waals surface area contributed by atoms with Gasteiger partial charge in [0.25, 0.3) is 5.91 Å². The van der Waals surface area contributed by atoms with Crippen LogP contribution in [0, 0.1) is 0 Å². The molecule has 1 aromatic heterocycles. The van der Waals surface area contributed by atoms with Gasteiger partial charge in [-0.25, -0.2) is 0 Å². The molecule has 2 heterocycles. The van der Waals surface area contributed by atoms with Crippen LogP contribution < -0.4 is 0 Å². The summed E-state index contributed by atoms with van der Waals surface area (Å²) < 4.78 is 6.72. The lowest BCUT2D eigenvalue weighted by Crippen LogP contribution is -2.36. The normalized spacial score (nSPS) is 17.4. The van der Waals surface area contributed by atoms with Crippen LogP contribution in [-0.4, -0.2) is 36.6 Å². The summed E-state index contributed by atoms with van der Waals surface area (Å²) in [6, 6.07) is 12.1. The van der Waals surface area contributed by atoms with Crippen molar-refractivity contribution in [3.63, 3.8) is 0 Å². The molecule has 1 amide bonds. The molecule has 0 saturated carbocycles. The van der Waals surface area contributed by atoms with Gasteiger partial charge in [0.05, 0.1) is 11.0 Å². The lowest BCUT2D eigenvalue weighted by atomic mass is 10.2. The van der Waals surface area contributed by atoms with Crippen LogP contribution >= 0.6 is 27.3 Å². The molecular formula is C18H20BrNO2S. The molecule has 0 bridgehead atoms. The molecule has 1 atom stereocenters. The van der Waals surface area contributed by atoms with Crippen LogP contribution in [0.4, 0.5) is 0 Å². The number of rotatable bonds is 5. The molecule has 1 aromatic carbocycles. The summed E-state index contributed by atoms with van der Waals surface area (Å²) in [7, 11) is 0. The van der Waals surface area contributed by atoms with Gasteiger partial charge >= 0.3 is 0 Å². The molecule has 0 spiro atoms. The zero-order valence-electron chi connectivity index (χ0n) is 13.1. The standard InChI is InChI=1S/C18H20BrNO2S/c1-2-20(12-15-4-3-11-22-15)18(21)17-10-9-16(23-17)13-5-7-14(19)8-6-13/h5-10,15H,2-4,11-12H2,1H3. The van der Waals surface area contributed by atoms with Crippen molar-refractivity contribution in [2.75, 3.05) is 19.7 Å². The quantitative estimate of drug-likeness (QED) is 0.728. The number of thiophene rings is 1. The number of likely N-dealkylation sites (N-methyl/N-ethyl adjacent to an activating group) is 1. The van der Waals surface area contributed by atoms with Gasteiger partial charge in [-0.2, -0.15) is 0 Å².